The van der Waals surface area contributed by atoms with E-state index < -0.39 is 0 Å². The number of nitrogens with two attached hydrogens (primary N) is 2. The largest absolute Gasteiger partial charge is 0.396 e. The Morgan fingerprint density at radius 1 is 1.62 bits per heavy atom. The molecule has 72 valence electrons. The van der Waals surface area contributed by atoms with Gasteiger partial charge in [-0.05, 0) is 30.5 Å². The Labute approximate surface area is 77.6 Å². The number of aryl methyl sites for hydroxylation is 1. The summed E-state index contributed by atoms with van der Waals surface area (Å²) in [5, 5.41) is 8.72. The van der Waals surface area contributed by atoms with Crippen LogP contribution in [0, 0.1) is 6.92 Å². The van der Waals surface area contributed by atoms with Gasteiger partial charge >= 0.3 is 0 Å². The average Bonchev–Trinajstić information content (AvgIpc) is 2.04. The lowest BCUT2D eigenvalue weighted by Crippen LogP contribution is -2.14. The number of aromatic nitrogens is 1. The molecular weight excluding hydrogens is 166 g/mol. The Morgan fingerprint density at radius 2 is 2.31 bits per heavy atom. The second kappa shape index (κ2) is 4.20. The molecule has 1 aromatic heterocycles. The summed E-state index contributed by atoms with van der Waals surface area (Å²) in [7, 11) is 0. The van der Waals surface area contributed by atoms with Gasteiger partial charge in [-0.15, -0.1) is 0 Å². The SMILES string of the molecule is Cc1cc(N)ncc1C(N)CCO. The van der Waals surface area contributed by atoms with Gasteiger partial charge in [0, 0.05) is 18.8 Å². The van der Waals surface area contributed by atoms with Gasteiger partial charge in [0.05, 0.1) is 0 Å². The predicted molar refractivity (Wildman–Crippen MR) is 52.0 cm³/mol. The molecule has 0 aromatic carbocycles. The van der Waals surface area contributed by atoms with Crippen molar-refractivity contribution < 1.29 is 5.11 Å². The molecule has 0 aliphatic rings. The predicted octanol–water partition coefficient (Wildman–Crippen LogP) is 0.354. The zero-order chi connectivity index (χ0) is 9.84. The molecular formula is C9H15N3O. The van der Waals surface area contributed by atoms with E-state index in [9.17, 15) is 0 Å². The molecule has 0 bridgehead atoms. The van der Waals surface area contributed by atoms with Gasteiger partial charge in [-0.2, -0.15) is 0 Å². The van der Waals surface area contributed by atoms with Crippen LogP contribution in [-0.2, 0) is 0 Å². The lowest BCUT2D eigenvalue weighted by Gasteiger charge is -2.12. The van der Waals surface area contributed by atoms with Crippen molar-refractivity contribution in [3.8, 4) is 0 Å². The minimum atomic E-state index is -0.155. The molecule has 1 aromatic rings. The van der Waals surface area contributed by atoms with Crippen LogP contribution in [0.15, 0.2) is 12.3 Å². The minimum Gasteiger partial charge on any atom is -0.396 e. The highest BCUT2D eigenvalue weighted by Crippen LogP contribution is 2.18. The van der Waals surface area contributed by atoms with Crippen LogP contribution >= 0.6 is 0 Å². The van der Waals surface area contributed by atoms with Crippen molar-refractivity contribution in [3.05, 3.63) is 23.4 Å². The third-order valence-corrected chi connectivity index (χ3v) is 2.01. The highest BCUT2D eigenvalue weighted by atomic mass is 16.3. The first-order chi connectivity index (χ1) is 6.15. The maximum Gasteiger partial charge on any atom is 0.123 e. The Kier molecular flexibility index (Phi) is 3.22. The zero-order valence-corrected chi connectivity index (χ0v) is 7.70. The van der Waals surface area contributed by atoms with Crippen LogP contribution in [0.5, 0.6) is 0 Å². The lowest BCUT2D eigenvalue weighted by molar-refractivity contribution is 0.276. The first-order valence-corrected chi connectivity index (χ1v) is 4.23. The van der Waals surface area contributed by atoms with Gasteiger partial charge in [0.25, 0.3) is 0 Å². The first kappa shape index (κ1) is 9.95. The number of aliphatic hydroxyl groups excluding tert-OH is 1. The molecule has 0 radical (unpaired) electrons. The fraction of sp³-hybridized carbons (Fsp3) is 0.444. The Bertz CT molecular complexity index is 288. The van der Waals surface area contributed by atoms with Crippen LogP contribution in [0.4, 0.5) is 5.82 Å². The van der Waals surface area contributed by atoms with Crippen molar-refractivity contribution in [2.75, 3.05) is 12.3 Å². The molecule has 0 spiro atoms. The van der Waals surface area contributed by atoms with Crippen LogP contribution in [0.2, 0.25) is 0 Å². The van der Waals surface area contributed by atoms with E-state index >= 15 is 0 Å². The topological polar surface area (TPSA) is 85.2 Å². The monoisotopic (exact) mass is 181 g/mol. The van der Waals surface area contributed by atoms with Crippen LogP contribution in [0.1, 0.15) is 23.6 Å². The van der Waals surface area contributed by atoms with Crippen molar-refractivity contribution in [3.63, 3.8) is 0 Å². The summed E-state index contributed by atoms with van der Waals surface area (Å²) >= 11 is 0. The second-order valence-corrected chi connectivity index (χ2v) is 3.08. The van der Waals surface area contributed by atoms with Crippen molar-refractivity contribution in [1.29, 1.82) is 0 Å². The fourth-order valence-corrected chi connectivity index (χ4v) is 1.27. The molecule has 13 heavy (non-hydrogen) atoms. The van der Waals surface area contributed by atoms with E-state index in [1.807, 2.05) is 6.92 Å². The molecule has 0 saturated heterocycles. The van der Waals surface area contributed by atoms with Gasteiger partial charge in [-0.3, -0.25) is 0 Å². The third kappa shape index (κ3) is 2.40. The van der Waals surface area contributed by atoms with E-state index in [1.165, 1.54) is 0 Å². The number of aliphatic hydroxyl groups is 1. The number of anilines is 1. The van der Waals surface area contributed by atoms with Crippen molar-refractivity contribution in [2.45, 2.75) is 19.4 Å². The summed E-state index contributed by atoms with van der Waals surface area (Å²) < 4.78 is 0. The first-order valence-electron chi connectivity index (χ1n) is 4.23. The van der Waals surface area contributed by atoms with E-state index in [-0.39, 0.29) is 12.6 Å². The molecule has 0 saturated carbocycles. The van der Waals surface area contributed by atoms with Gasteiger partial charge in [0.1, 0.15) is 5.82 Å². The van der Waals surface area contributed by atoms with E-state index in [0.717, 1.165) is 11.1 Å². The normalized spacial score (nSPS) is 12.8. The number of nitrogens with zero attached hydrogens (tertiary/aromatic N) is 1. The van der Waals surface area contributed by atoms with Crippen LogP contribution < -0.4 is 11.5 Å². The number of rotatable bonds is 3. The Balaban J connectivity index is 2.88. The fourth-order valence-electron chi connectivity index (χ4n) is 1.27. The quantitative estimate of drug-likeness (QED) is 0.628. The summed E-state index contributed by atoms with van der Waals surface area (Å²) in [6, 6.07) is 1.63. The number of pyridine rings is 1. The second-order valence-electron chi connectivity index (χ2n) is 3.08. The van der Waals surface area contributed by atoms with Crippen molar-refractivity contribution >= 4 is 5.82 Å². The maximum absolute atomic E-state index is 8.72. The molecule has 0 fully saturated rings. The third-order valence-electron chi connectivity index (χ3n) is 2.01. The number of nitrogen functional groups attached to an aromatic ring is 1. The molecule has 4 nitrogen and oxygen atoms in total. The number of hydrogen-bond donors (Lipinski definition) is 3. The summed E-state index contributed by atoms with van der Waals surface area (Å²) in [4.78, 5) is 3.96. The van der Waals surface area contributed by atoms with Crippen LogP contribution in [0.25, 0.3) is 0 Å². The maximum atomic E-state index is 8.72. The van der Waals surface area contributed by atoms with Crippen LogP contribution in [0.3, 0.4) is 0 Å². The number of hydrogen-bond acceptors (Lipinski definition) is 4. The standard InChI is InChI=1S/C9H15N3O/c1-6-4-9(11)12-5-7(6)8(10)2-3-13/h4-5,8,13H,2-3,10H2,1H3,(H2,11,12). The van der Waals surface area contributed by atoms with Gasteiger partial charge in [0.2, 0.25) is 0 Å². The summed E-state index contributed by atoms with van der Waals surface area (Å²) in [5.41, 5.74) is 13.3. The Morgan fingerprint density at radius 3 is 2.85 bits per heavy atom. The lowest BCUT2D eigenvalue weighted by atomic mass is 10.0. The van der Waals surface area contributed by atoms with E-state index in [1.54, 1.807) is 12.3 Å². The van der Waals surface area contributed by atoms with Gasteiger partial charge in [0.15, 0.2) is 0 Å². The van der Waals surface area contributed by atoms with Crippen LogP contribution in [-0.4, -0.2) is 16.7 Å². The van der Waals surface area contributed by atoms with E-state index in [2.05, 4.69) is 4.98 Å². The van der Waals surface area contributed by atoms with E-state index in [0.29, 0.717) is 12.2 Å². The molecule has 1 unspecified atom stereocenters. The van der Waals surface area contributed by atoms with Gasteiger partial charge in [-0.1, -0.05) is 0 Å². The smallest absolute Gasteiger partial charge is 0.123 e. The molecule has 1 atom stereocenters. The Hall–Kier alpha value is -1.13. The van der Waals surface area contributed by atoms with Gasteiger partial charge in [-0.25, -0.2) is 4.98 Å². The highest BCUT2D eigenvalue weighted by molar-refractivity contribution is 5.37. The molecule has 4 heteroatoms. The summed E-state index contributed by atoms with van der Waals surface area (Å²) in [6.45, 7) is 2.02. The molecule has 0 aliphatic heterocycles. The van der Waals surface area contributed by atoms with E-state index in [4.69, 9.17) is 16.6 Å². The minimum absolute atomic E-state index is 0.0883. The van der Waals surface area contributed by atoms with Crippen molar-refractivity contribution in [2.24, 2.45) is 5.73 Å². The highest BCUT2D eigenvalue weighted by Gasteiger charge is 2.08. The molecule has 1 rings (SSSR count). The zero-order valence-electron chi connectivity index (χ0n) is 7.70. The molecule has 1 heterocycles. The average molecular weight is 181 g/mol. The molecule has 5 N–H and O–H groups in total. The summed E-state index contributed by atoms with van der Waals surface area (Å²) in [6.07, 6.45) is 2.22. The molecule has 0 amide bonds. The summed E-state index contributed by atoms with van der Waals surface area (Å²) in [5.74, 6) is 0.498. The van der Waals surface area contributed by atoms with Crippen molar-refractivity contribution in [1.82, 2.24) is 4.98 Å². The van der Waals surface area contributed by atoms with Gasteiger partial charge < -0.3 is 16.6 Å². The molecule has 0 aliphatic carbocycles.